The van der Waals surface area contributed by atoms with Gasteiger partial charge in [0.2, 0.25) is 5.91 Å². The molecular formula is C13H20N4O2. The molecule has 0 saturated carbocycles. The lowest BCUT2D eigenvalue weighted by molar-refractivity contribution is -0.134. The SMILES string of the molecule is Cc1nccc(C2CCN(C(=O)[C@@H](N)CO)CC2)n1. The van der Waals surface area contributed by atoms with Crippen molar-refractivity contribution in [2.45, 2.75) is 31.7 Å². The average Bonchev–Trinajstić information content (AvgIpc) is 2.46. The van der Waals surface area contributed by atoms with E-state index in [-0.39, 0.29) is 12.5 Å². The number of hydrogen-bond acceptors (Lipinski definition) is 5. The van der Waals surface area contributed by atoms with Crippen LogP contribution < -0.4 is 5.73 Å². The normalized spacial score (nSPS) is 18.4. The minimum Gasteiger partial charge on any atom is -0.394 e. The quantitative estimate of drug-likeness (QED) is 0.789. The fraction of sp³-hybridized carbons (Fsp3) is 0.615. The van der Waals surface area contributed by atoms with Crippen molar-refractivity contribution >= 4 is 5.91 Å². The van der Waals surface area contributed by atoms with Crippen LogP contribution in [0.15, 0.2) is 12.3 Å². The van der Waals surface area contributed by atoms with Crippen LogP contribution in [0.1, 0.15) is 30.3 Å². The van der Waals surface area contributed by atoms with Crippen LogP contribution in [-0.4, -0.2) is 51.6 Å². The molecule has 2 heterocycles. The Balaban J connectivity index is 1.94. The van der Waals surface area contributed by atoms with Gasteiger partial charge in [-0.2, -0.15) is 0 Å². The number of rotatable bonds is 3. The zero-order valence-electron chi connectivity index (χ0n) is 11.1. The maximum Gasteiger partial charge on any atom is 0.241 e. The van der Waals surface area contributed by atoms with E-state index in [9.17, 15) is 4.79 Å². The summed E-state index contributed by atoms with van der Waals surface area (Å²) < 4.78 is 0. The van der Waals surface area contributed by atoms with Gasteiger partial charge in [-0.05, 0) is 25.8 Å². The highest BCUT2D eigenvalue weighted by atomic mass is 16.3. The lowest BCUT2D eigenvalue weighted by atomic mass is 9.93. The number of aryl methyl sites for hydroxylation is 1. The number of nitrogens with zero attached hydrogens (tertiary/aromatic N) is 3. The summed E-state index contributed by atoms with van der Waals surface area (Å²) in [5.41, 5.74) is 6.60. The van der Waals surface area contributed by atoms with Crippen molar-refractivity contribution in [1.82, 2.24) is 14.9 Å². The van der Waals surface area contributed by atoms with Gasteiger partial charge in [0.05, 0.1) is 6.61 Å². The molecule has 0 aliphatic carbocycles. The molecule has 1 saturated heterocycles. The number of carbonyl (C=O) groups is 1. The number of aromatic nitrogens is 2. The molecule has 3 N–H and O–H groups in total. The van der Waals surface area contributed by atoms with Crippen LogP contribution in [-0.2, 0) is 4.79 Å². The van der Waals surface area contributed by atoms with Crippen molar-refractivity contribution in [2.24, 2.45) is 5.73 Å². The number of hydrogen-bond donors (Lipinski definition) is 2. The van der Waals surface area contributed by atoms with E-state index >= 15 is 0 Å². The minimum absolute atomic E-state index is 0.167. The second-order valence-electron chi connectivity index (χ2n) is 4.92. The molecule has 19 heavy (non-hydrogen) atoms. The van der Waals surface area contributed by atoms with Crippen molar-refractivity contribution in [3.8, 4) is 0 Å². The van der Waals surface area contributed by atoms with E-state index in [0.29, 0.717) is 19.0 Å². The Morgan fingerprint density at radius 1 is 1.58 bits per heavy atom. The van der Waals surface area contributed by atoms with E-state index in [1.165, 1.54) is 0 Å². The summed E-state index contributed by atoms with van der Waals surface area (Å²) in [7, 11) is 0. The first-order valence-corrected chi connectivity index (χ1v) is 6.56. The summed E-state index contributed by atoms with van der Waals surface area (Å²) in [6.07, 6.45) is 3.53. The number of piperidine rings is 1. The van der Waals surface area contributed by atoms with Crippen LogP contribution >= 0.6 is 0 Å². The molecule has 1 aliphatic rings. The van der Waals surface area contributed by atoms with Crippen LogP contribution in [0.3, 0.4) is 0 Å². The fourth-order valence-corrected chi connectivity index (χ4v) is 2.41. The van der Waals surface area contributed by atoms with Crippen LogP contribution in [0, 0.1) is 6.92 Å². The fourth-order valence-electron chi connectivity index (χ4n) is 2.41. The van der Waals surface area contributed by atoms with Gasteiger partial charge >= 0.3 is 0 Å². The Labute approximate surface area is 112 Å². The zero-order chi connectivity index (χ0) is 13.8. The summed E-state index contributed by atoms with van der Waals surface area (Å²) in [6.45, 7) is 2.91. The average molecular weight is 264 g/mol. The molecule has 1 aliphatic heterocycles. The van der Waals surface area contributed by atoms with Gasteiger partial charge < -0.3 is 15.7 Å². The summed E-state index contributed by atoms with van der Waals surface area (Å²) in [6, 6.07) is 1.15. The van der Waals surface area contributed by atoms with E-state index in [1.54, 1.807) is 11.1 Å². The number of aliphatic hydroxyl groups is 1. The van der Waals surface area contributed by atoms with E-state index in [4.69, 9.17) is 10.8 Å². The van der Waals surface area contributed by atoms with Gasteiger partial charge in [-0.3, -0.25) is 4.79 Å². The molecule has 6 nitrogen and oxygen atoms in total. The Hall–Kier alpha value is -1.53. The third-order valence-corrected chi connectivity index (χ3v) is 3.54. The van der Waals surface area contributed by atoms with Gasteiger partial charge in [0.1, 0.15) is 11.9 Å². The largest absolute Gasteiger partial charge is 0.394 e. The molecule has 104 valence electrons. The predicted molar refractivity (Wildman–Crippen MR) is 70.4 cm³/mol. The molecule has 0 aromatic carbocycles. The van der Waals surface area contributed by atoms with Gasteiger partial charge in [0, 0.05) is 30.9 Å². The van der Waals surface area contributed by atoms with Crippen molar-refractivity contribution in [3.05, 3.63) is 23.8 Å². The third-order valence-electron chi connectivity index (χ3n) is 3.54. The first-order valence-electron chi connectivity index (χ1n) is 6.56. The van der Waals surface area contributed by atoms with Gasteiger partial charge in [-0.1, -0.05) is 0 Å². The van der Waals surface area contributed by atoms with Gasteiger partial charge in [0.25, 0.3) is 0 Å². The molecule has 0 unspecified atom stereocenters. The third kappa shape index (κ3) is 3.27. The molecule has 0 spiro atoms. The molecule has 1 fully saturated rings. The molecule has 2 rings (SSSR count). The number of carbonyl (C=O) groups excluding carboxylic acids is 1. The maximum atomic E-state index is 11.8. The topological polar surface area (TPSA) is 92.3 Å². The lowest BCUT2D eigenvalue weighted by Gasteiger charge is -2.33. The van der Waals surface area contributed by atoms with E-state index in [1.807, 2.05) is 13.0 Å². The highest BCUT2D eigenvalue weighted by Gasteiger charge is 2.27. The Bertz CT molecular complexity index is 444. The molecule has 0 radical (unpaired) electrons. The summed E-state index contributed by atoms with van der Waals surface area (Å²) in [5.74, 6) is 0.981. The standard InChI is InChI=1S/C13H20N4O2/c1-9-15-5-2-12(16-9)10-3-6-17(7-4-10)13(19)11(14)8-18/h2,5,10-11,18H,3-4,6-8,14H2,1H3/t11-/m0/s1. The lowest BCUT2D eigenvalue weighted by Crippen LogP contribution is -2.48. The summed E-state index contributed by atoms with van der Waals surface area (Å²) in [4.78, 5) is 22.1. The summed E-state index contributed by atoms with van der Waals surface area (Å²) >= 11 is 0. The smallest absolute Gasteiger partial charge is 0.241 e. The molecular weight excluding hydrogens is 244 g/mol. The molecule has 1 atom stereocenters. The number of aliphatic hydroxyl groups excluding tert-OH is 1. The van der Waals surface area contributed by atoms with Crippen molar-refractivity contribution in [3.63, 3.8) is 0 Å². The number of nitrogens with two attached hydrogens (primary N) is 1. The van der Waals surface area contributed by atoms with Crippen molar-refractivity contribution in [2.75, 3.05) is 19.7 Å². The molecule has 6 heteroatoms. The van der Waals surface area contributed by atoms with Crippen LogP contribution in [0.25, 0.3) is 0 Å². The van der Waals surface area contributed by atoms with Crippen LogP contribution in [0.2, 0.25) is 0 Å². The van der Waals surface area contributed by atoms with Gasteiger partial charge in [-0.25, -0.2) is 9.97 Å². The number of likely N-dealkylation sites (tertiary alicyclic amines) is 1. The molecule has 1 aromatic rings. The van der Waals surface area contributed by atoms with Crippen LogP contribution in [0.4, 0.5) is 0 Å². The highest BCUT2D eigenvalue weighted by Crippen LogP contribution is 2.26. The van der Waals surface area contributed by atoms with E-state index in [2.05, 4.69) is 9.97 Å². The van der Waals surface area contributed by atoms with E-state index < -0.39 is 6.04 Å². The monoisotopic (exact) mass is 264 g/mol. The van der Waals surface area contributed by atoms with Gasteiger partial charge in [0.15, 0.2) is 0 Å². The first-order chi connectivity index (χ1) is 9.11. The highest BCUT2D eigenvalue weighted by molar-refractivity contribution is 5.81. The van der Waals surface area contributed by atoms with Crippen molar-refractivity contribution < 1.29 is 9.90 Å². The van der Waals surface area contributed by atoms with Gasteiger partial charge in [-0.15, -0.1) is 0 Å². The molecule has 0 bridgehead atoms. The summed E-state index contributed by atoms with van der Waals surface area (Å²) in [5, 5.41) is 8.91. The Morgan fingerprint density at radius 3 is 2.84 bits per heavy atom. The maximum absolute atomic E-state index is 11.8. The predicted octanol–water partition coefficient (Wildman–Crippen LogP) is -0.189. The second-order valence-corrected chi connectivity index (χ2v) is 4.92. The van der Waals surface area contributed by atoms with Crippen molar-refractivity contribution in [1.29, 1.82) is 0 Å². The molecule has 1 amide bonds. The van der Waals surface area contributed by atoms with Crippen LogP contribution in [0.5, 0.6) is 0 Å². The van der Waals surface area contributed by atoms with E-state index in [0.717, 1.165) is 24.4 Å². The first kappa shape index (κ1) is 13.9. The zero-order valence-corrected chi connectivity index (χ0v) is 11.1. The second kappa shape index (κ2) is 6.08. The minimum atomic E-state index is -0.794. The Kier molecular flexibility index (Phi) is 4.44. The number of amides is 1. The Morgan fingerprint density at radius 2 is 2.26 bits per heavy atom. The molecule has 1 aromatic heterocycles.